The van der Waals surface area contributed by atoms with E-state index in [1.54, 1.807) is 11.8 Å². The molecular formula is C17H22ClNO3S. The van der Waals surface area contributed by atoms with E-state index in [2.05, 4.69) is 0 Å². The highest BCUT2D eigenvalue weighted by Gasteiger charge is 2.30. The Hall–Kier alpha value is -1.20. The molecule has 2 rings (SSSR count). The Morgan fingerprint density at radius 2 is 1.91 bits per heavy atom. The number of thioether (sulfide) groups is 1. The molecule has 0 radical (unpaired) electrons. The first-order chi connectivity index (χ1) is 11.0. The van der Waals surface area contributed by atoms with Crippen LogP contribution in [0.5, 0.6) is 0 Å². The van der Waals surface area contributed by atoms with Gasteiger partial charge in [0.15, 0.2) is 0 Å². The first kappa shape index (κ1) is 18.1. The smallest absolute Gasteiger partial charge is 0.308 e. The molecule has 0 aromatic heterocycles. The van der Waals surface area contributed by atoms with E-state index < -0.39 is 0 Å². The molecule has 1 saturated heterocycles. The molecule has 1 aromatic carbocycles. The van der Waals surface area contributed by atoms with Crippen LogP contribution in [0.2, 0.25) is 5.02 Å². The number of hydrogen-bond donors (Lipinski definition) is 0. The number of rotatable bonds is 5. The standard InChI is InChI=1S/C17H22ClNO3S/c1-3-15(23-14-6-4-13(18)5-7-14)16(20)19-10-8-12(9-11-19)17(21)22-2/h4-7,12,15H,3,8-11H2,1-2H3/t15-/m1/s1. The number of ether oxygens (including phenoxy) is 1. The van der Waals surface area contributed by atoms with Crippen molar-refractivity contribution < 1.29 is 14.3 Å². The van der Waals surface area contributed by atoms with E-state index in [0.717, 1.165) is 11.3 Å². The minimum Gasteiger partial charge on any atom is -0.469 e. The first-order valence-corrected chi connectivity index (χ1v) is 9.09. The third kappa shape index (κ3) is 4.88. The molecule has 1 fully saturated rings. The summed E-state index contributed by atoms with van der Waals surface area (Å²) in [6.45, 7) is 3.26. The molecule has 1 atom stereocenters. The first-order valence-electron chi connectivity index (χ1n) is 7.84. The number of benzene rings is 1. The number of carbonyl (C=O) groups is 2. The van der Waals surface area contributed by atoms with E-state index in [1.165, 1.54) is 7.11 Å². The van der Waals surface area contributed by atoms with Crippen LogP contribution in [-0.2, 0) is 14.3 Å². The van der Waals surface area contributed by atoms with Crippen LogP contribution in [0.3, 0.4) is 0 Å². The summed E-state index contributed by atoms with van der Waals surface area (Å²) < 4.78 is 4.79. The molecule has 1 aliphatic rings. The second-order valence-corrected chi connectivity index (χ2v) is 7.30. The Labute approximate surface area is 146 Å². The highest BCUT2D eigenvalue weighted by molar-refractivity contribution is 8.00. The summed E-state index contributed by atoms with van der Waals surface area (Å²) in [4.78, 5) is 27.2. The van der Waals surface area contributed by atoms with Crippen molar-refractivity contribution in [3.63, 3.8) is 0 Å². The molecule has 0 aliphatic carbocycles. The predicted molar refractivity (Wildman–Crippen MR) is 92.7 cm³/mol. The predicted octanol–water partition coefficient (Wildman–Crippen LogP) is 3.62. The summed E-state index contributed by atoms with van der Waals surface area (Å²) in [5, 5.41) is 0.587. The summed E-state index contributed by atoms with van der Waals surface area (Å²) in [7, 11) is 1.41. The van der Waals surface area contributed by atoms with E-state index in [1.807, 2.05) is 36.1 Å². The fraction of sp³-hybridized carbons (Fsp3) is 0.529. The number of amides is 1. The van der Waals surface area contributed by atoms with Gasteiger partial charge in [-0.15, -0.1) is 11.8 Å². The van der Waals surface area contributed by atoms with Gasteiger partial charge in [0.2, 0.25) is 5.91 Å². The van der Waals surface area contributed by atoms with E-state index in [-0.39, 0.29) is 23.0 Å². The molecule has 0 spiro atoms. The summed E-state index contributed by atoms with van der Waals surface area (Å²) >= 11 is 7.46. The molecule has 126 valence electrons. The third-order valence-electron chi connectivity index (χ3n) is 4.08. The summed E-state index contributed by atoms with van der Waals surface area (Å²) in [5.41, 5.74) is 0. The second kappa shape index (κ2) is 8.60. The average molecular weight is 356 g/mol. The van der Waals surface area contributed by atoms with Crippen molar-refractivity contribution in [3.05, 3.63) is 29.3 Å². The lowest BCUT2D eigenvalue weighted by molar-refractivity contribution is -0.148. The van der Waals surface area contributed by atoms with Crippen molar-refractivity contribution in [3.8, 4) is 0 Å². The second-order valence-electron chi connectivity index (χ2n) is 5.59. The quantitative estimate of drug-likeness (QED) is 0.597. The number of nitrogens with zero attached hydrogens (tertiary/aromatic N) is 1. The van der Waals surface area contributed by atoms with Crippen molar-refractivity contribution in [1.29, 1.82) is 0 Å². The van der Waals surface area contributed by atoms with Crippen LogP contribution in [0.1, 0.15) is 26.2 Å². The number of esters is 1. The normalized spacial score (nSPS) is 16.9. The van der Waals surface area contributed by atoms with Gasteiger partial charge in [0, 0.05) is 23.0 Å². The molecule has 1 heterocycles. The Morgan fingerprint density at radius 1 is 1.30 bits per heavy atom. The molecule has 1 aliphatic heterocycles. The Kier molecular flexibility index (Phi) is 6.78. The maximum Gasteiger partial charge on any atom is 0.308 e. The van der Waals surface area contributed by atoms with Crippen LogP contribution in [0, 0.1) is 5.92 Å². The van der Waals surface area contributed by atoms with E-state index in [0.29, 0.717) is 31.0 Å². The summed E-state index contributed by atoms with van der Waals surface area (Å²) in [6.07, 6.45) is 2.13. The van der Waals surface area contributed by atoms with E-state index in [4.69, 9.17) is 16.3 Å². The van der Waals surface area contributed by atoms with Gasteiger partial charge in [0.1, 0.15) is 0 Å². The van der Waals surface area contributed by atoms with Gasteiger partial charge in [-0.2, -0.15) is 0 Å². The Balaban J connectivity index is 1.92. The maximum atomic E-state index is 12.7. The van der Waals surface area contributed by atoms with Crippen molar-refractivity contribution in [1.82, 2.24) is 4.90 Å². The fourth-order valence-corrected chi connectivity index (χ4v) is 3.86. The summed E-state index contributed by atoms with van der Waals surface area (Å²) in [6, 6.07) is 7.55. The minimum absolute atomic E-state index is 0.0759. The molecule has 6 heteroatoms. The zero-order valence-electron chi connectivity index (χ0n) is 13.5. The number of likely N-dealkylation sites (tertiary alicyclic amines) is 1. The fourth-order valence-electron chi connectivity index (χ4n) is 2.69. The van der Waals surface area contributed by atoms with Crippen LogP contribution >= 0.6 is 23.4 Å². The van der Waals surface area contributed by atoms with Gasteiger partial charge in [0.05, 0.1) is 18.3 Å². The van der Waals surface area contributed by atoms with Gasteiger partial charge < -0.3 is 9.64 Å². The highest BCUT2D eigenvalue weighted by atomic mass is 35.5. The molecular weight excluding hydrogens is 334 g/mol. The average Bonchev–Trinajstić information content (AvgIpc) is 2.60. The SMILES string of the molecule is CC[C@@H](Sc1ccc(Cl)cc1)C(=O)N1CCC(C(=O)OC)CC1. The monoisotopic (exact) mass is 355 g/mol. The van der Waals surface area contributed by atoms with Gasteiger partial charge in [-0.25, -0.2) is 0 Å². The van der Waals surface area contributed by atoms with Gasteiger partial charge in [-0.1, -0.05) is 18.5 Å². The molecule has 1 aromatic rings. The number of piperidine rings is 1. The topological polar surface area (TPSA) is 46.6 Å². The molecule has 0 bridgehead atoms. The van der Waals surface area contributed by atoms with Crippen LogP contribution in [-0.4, -0.2) is 42.2 Å². The summed E-state index contributed by atoms with van der Waals surface area (Å²) in [5.74, 6) is -0.0940. The van der Waals surface area contributed by atoms with Gasteiger partial charge in [-0.05, 0) is 43.5 Å². The van der Waals surface area contributed by atoms with Gasteiger partial charge in [-0.3, -0.25) is 9.59 Å². The van der Waals surface area contributed by atoms with Crippen molar-refractivity contribution in [2.75, 3.05) is 20.2 Å². The zero-order chi connectivity index (χ0) is 16.8. The number of halogens is 1. The molecule has 23 heavy (non-hydrogen) atoms. The van der Waals surface area contributed by atoms with Crippen LogP contribution in [0.25, 0.3) is 0 Å². The van der Waals surface area contributed by atoms with Gasteiger partial charge >= 0.3 is 5.97 Å². The highest BCUT2D eigenvalue weighted by Crippen LogP contribution is 2.29. The lowest BCUT2D eigenvalue weighted by Crippen LogP contribution is -2.44. The van der Waals surface area contributed by atoms with Gasteiger partial charge in [0.25, 0.3) is 0 Å². The number of hydrogen-bond acceptors (Lipinski definition) is 4. The molecule has 4 nitrogen and oxygen atoms in total. The zero-order valence-corrected chi connectivity index (χ0v) is 15.0. The van der Waals surface area contributed by atoms with Crippen LogP contribution < -0.4 is 0 Å². The Morgan fingerprint density at radius 3 is 2.43 bits per heavy atom. The third-order valence-corrected chi connectivity index (χ3v) is 5.70. The maximum absolute atomic E-state index is 12.7. The largest absolute Gasteiger partial charge is 0.469 e. The van der Waals surface area contributed by atoms with Crippen molar-refractivity contribution in [2.45, 2.75) is 36.3 Å². The lowest BCUT2D eigenvalue weighted by Gasteiger charge is -2.33. The van der Waals surface area contributed by atoms with Crippen LogP contribution in [0.15, 0.2) is 29.2 Å². The molecule has 0 N–H and O–H groups in total. The lowest BCUT2D eigenvalue weighted by atomic mass is 9.97. The van der Waals surface area contributed by atoms with Crippen molar-refractivity contribution in [2.24, 2.45) is 5.92 Å². The minimum atomic E-state index is -0.167. The number of methoxy groups -OCH3 is 1. The number of carbonyl (C=O) groups excluding carboxylic acids is 2. The molecule has 0 saturated carbocycles. The van der Waals surface area contributed by atoms with Crippen molar-refractivity contribution >= 4 is 35.2 Å². The van der Waals surface area contributed by atoms with E-state index in [9.17, 15) is 9.59 Å². The Bertz CT molecular complexity index is 541. The van der Waals surface area contributed by atoms with E-state index >= 15 is 0 Å². The molecule has 0 unspecified atom stereocenters. The molecule has 1 amide bonds. The van der Waals surface area contributed by atoms with Crippen LogP contribution in [0.4, 0.5) is 0 Å².